The van der Waals surface area contributed by atoms with Crippen LogP contribution in [0.5, 0.6) is 0 Å². The van der Waals surface area contributed by atoms with Gasteiger partial charge in [-0.05, 0) is 49.3 Å². The molecule has 1 saturated heterocycles. The van der Waals surface area contributed by atoms with Gasteiger partial charge in [-0.15, -0.1) is 0 Å². The molecule has 0 spiro atoms. The van der Waals surface area contributed by atoms with E-state index in [0.717, 1.165) is 42.6 Å². The molecule has 3 N–H and O–H groups in total. The Kier molecular flexibility index (Phi) is 6.90. The molecular formula is C19H31N3O. The summed E-state index contributed by atoms with van der Waals surface area (Å²) >= 11 is 0. The molecule has 1 aromatic carbocycles. The molecule has 0 aliphatic carbocycles. The minimum absolute atomic E-state index is 0.119. The van der Waals surface area contributed by atoms with Crippen molar-refractivity contribution in [2.24, 2.45) is 11.8 Å². The van der Waals surface area contributed by atoms with Crippen molar-refractivity contribution in [1.82, 2.24) is 10.2 Å². The maximum Gasteiger partial charge on any atom is 0.220 e. The van der Waals surface area contributed by atoms with E-state index in [0.29, 0.717) is 12.8 Å². The highest BCUT2D eigenvalue weighted by molar-refractivity contribution is 5.76. The number of piperidine rings is 1. The predicted octanol–water partition coefficient (Wildman–Crippen LogP) is 2.69. The number of anilines is 1. The number of rotatable bonds is 7. The van der Waals surface area contributed by atoms with Gasteiger partial charge in [0.25, 0.3) is 0 Å². The molecule has 0 aromatic heterocycles. The first kappa shape index (κ1) is 17.8. The van der Waals surface area contributed by atoms with E-state index in [-0.39, 0.29) is 5.91 Å². The third-order valence-electron chi connectivity index (χ3n) is 4.59. The van der Waals surface area contributed by atoms with Gasteiger partial charge in [-0.3, -0.25) is 4.79 Å². The van der Waals surface area contributed by atoms with Crippen molar-refractivity contribution in [2.75, 3.05) is 31.9 Å². The van der Waals surface area contributed by atoms with Crippen LogP contribution < -0.4 is 11.1 Å². The fraction of sp³-hybridized carbons (Fsp3) is 0.632. The standard InChI is InChI=1S/C19H31N3O/c1-15-12-16(2)14-22(13-15)11-5-10-21-19(23)9-8-17-6-3-4-7-18(17)20/h3-4,6-7,15-16H,5,8-14,20H2,1-2H3,(H,21,23). The van der Waals surface area contributed by atoms with Gasteiger partial charge in [0, 0.05) is 31.7 Å². The van der Waals surface area contributed by atoms with E-state index in [1.807, 2.05) is 24.3 Å². The molecule has 1 aliphatic heterocycles. The molecule has 0 saturated carbocycles. The summed E-state index contributed by atoms with van der Waals surface area (Å²) < 4.78 is 0. The third-order valence-corrected chi connectivity index (χ3v) is 4.59. The lowest BCUT2D eigenvalue weighted by molar-refractivity contribution is -0.121. The van der Waals surface area contributed by atoms with Crippen molar-refractivity contribution < 1.29 is 4.79 Å². The Hall–Kier alpha value is -1.55. The number of para-hydroxylation sites is 1. The van der Waals surface area contributed by atoms with Crippen molar-refractivity contribution in [1.29, 1.82) is 0 Å². The number of benzene rings is 1. The second-order valence-corrected chi connectivity index (χ2v) is 7.11. The molecule has 2 atom stereocenters. The van der Waals surface area contributed by atoms with Crippen LogP contribution in [0.15, 0.2) is 24.3 Å². The lowest BCUT2D eigenvalue weighted by Gasteiger charge is -2.34. The van der Waals surface area contributed by atoms with E-state index >= 15 is 0 Å². The van der Waals surface area contributed by atoms with Crippen LogP contribution in [0.1, 0.15) is 38.7 Å². The summed E-state index contributed by atoms with van der Waals surface area (Å²) in [7, 11) is 0. The van der Waals surface area contributed by atoms with E-state index in [9.17, 15) is 4.79 Å². The Morgan fingerprint density at radius 2 is 1.96 bits per heavy atom. The SMILES string of the molecule is CC1CC(C)CN(CCCNC(=O)CCc2ccccc2N)C1. The van der Waals surface area contributed by atoms with E-state index in [1.165, 1.54) is 19.5 Å². The minimum Gasteiger partial charge on any atom is -0.399 e. The lowest BCUT2D eigenvalue weighted by Crippen LogP contribution is -2.40. The number of nitrogen functional groups attached to an aromatic ring is 1. The number of aryl methyl sites for hydroxylation is 1. The van der Waals surface area contributed by atoms with Crippen molar-refractivity contribution in [3.05, 3.63) is 29.8 Å². The van der Waals surface area contributed by atoms with Gasteiger partial charge < -0.3 is 16.0 Å². The summed E-state index contributed by atoms with van der Waals surface area (Å²) in [5.74, 6) is 1.71. The molecule has 1 fully saturated rings. The number of carbonyl (C=O) groups is 1. The highest BCUT2D eigenvalue weighted by Gasteiger charge is 2.20. The van der Waals surface area contributed by atoms with Crippen LogP contribution in [0.2, 0.25) is 0 Å². The van der Waals surface area contributed by atoms with Gasteiger partial charge in [0.05, 0.1) is 0 Å². The van der Waals surface area contributed by atoms with Gasteiger partial charge >= 0.3 is 0 Å². The summed E-state index contributed by atoms with van der Waals surface area (Å²) in [5.41, 5.74) is 7.72. The molecule has 0 radical (unpaired) electrons. The van der Waals surface area contributed by atoms with E-state index in [4.69, 9.17) is 5.73 Å². The first-order valence-corrected chi connectivity index (χ1v) is 8.87. The van der Waals surface area contributed by atoms with E-state index in [1.54, 1.807) is 0 Å². The maximum atomic E-state index is 11.9. The number of nitrogens with one attached hydrogen (secondary N) is 1. The van der Waals surface area contributed by atoms with Gasteiger partial charge in [-0.2, -0.15) is 0 Å². The zero-order valence-electron chi connectivity index (χ0n) is 14.6. The van der Waals surface area contributed by atoms with Crippen molar-refractivity contribution in [2.45, 2.75) is 39.5 Å². The van der Waals surface area contributed by atoms with Crippen LogP contribution in [0.4, 0.5) is 5.69 Å². The monoisotopic (exact) mass is 317 g/mol. The van der Waals surface area contributed by atoms with Gasteiger partial charge in [0.15, 0.2) is 0 Å². The number of likely N-dealkylation sites (tertiary alicyclic amines) is 1. The topological polar surface area (TPSA) is 58.4 Å². The second-order valence-electron chi connectivity index (χ2n) is 7.11. The number of hydrogen-bond donors (Lipinski definition) is 2. The fourth-order valence-electron chi connectivity index (χ4n) is 3.60. The van der Waals surface area contributed by atoms with Crippen molar-refractivity contribution in [3.8, 4) is 0 Å². The molecule has 1 aliphatic rings. The Balaban J connectivity index is 1.59. The highest BCUT2D eigenvalue weighted by Crippen LogP contribution is 2.20. The molecule has 4 nitrogen and oxygen atoms in total. The van der Waals surface area contributed by atoms with Crippen LogP contribution in [-0.4, -0.2) is 37.0 Å². The summed E-state index contributed by atoms with van der Waals surface area (Å²) in [6, 6.07) is 7.75. The van der Waals surface area contributed by atoms with E-state index in [2.05, 4.69) is 24.1 Å². The second kappa shape index (κ2) is 8.92. The highest BCUT2D eigenvalue weighted by atomic mass is 16.1. The Morgan fingerprint density at radius 3 is 2.65 bits per heavy atom. The molecular weight excluding hydrogens is 286 g/mol. The molecule has 4 heteroatoms. The molecule has 1 aromatic rings. The van der Waals surface area contributed by atoms with Crippen LogP contribution in [-0.2, 0) is 11.2 Å². The molecule has 2 rings (SSSR count). The Bertz CT molecular complexity index is 493. The van der Waals surface area contributed by atoms with Crippen molar-refractivity contribution >= 4 is 11.6 Å². The number of carbonyl (C=O) groups excluding carboxylic acids is 1. The molecule has 0 bridgehead atoms. The third kappa shape index (κ3) is 6.22. The molecule has 1 amide bonds. The van der Waals surface area contributed by atoms with Gasteiger partial charge in [0.2, 0.25) is 5.91 Å². The first-order valence-electron chi connectivity index (χ1n) is 8.87. The van der Waals surface area contributed by atoms with Crippen LogP contribution >= 0.6 is 0 Å². The van der Waals surface area contributed by atoms with Gasteiger partial charge in [0.1, 0.15) is 0 Å². The first-order chi connectivity index (χ1) is 11.0. The van der Waals surface area contributed by atoms with Crippen LogP contribution in [0.3, 0.4) is 0 Å². The number of nitrogens with two attached hydrogens (primary N) is 1. The van der Waals surface area contributed by atoms with E-state index < -0.39 is 0 Å². The normalized spacial score (nSPS) is 22.0. The maximum absolute atomic E-state index is 11.9. The predicted molar refractivity (Wildman–Crippen MR) is 96.2 cm³/mol. The summed E-state index contributed by atoms with van der Waals surface area (Å²) in [6.07, 6.45) is 3.58. The molecule has 2 unspecified atom stereocenters. The summed E-state index contributed by atoms with van der Waals surface area (Å²) in [4.78, 5) is 14.5. The van der Waals surface area contributed by atoms with Crippen molar-refractivity contribution in [3.63, 3.8) is 0 Å². The molecule has 23 heavy (non-hydrogen) atoms. The molecule has 128 valence electrons. The van der Waals surface area contributed by atoms with Gasteiger partial charge in [-0.25, -0.2) is 0 Å². The lowest BCUT2D eigenvalue weighted by atomic mass is 9.92. The summed E-state index contributed by atoms with van der Waals surface area (Å²) in [5, 5.41) is 3.03. The number of nitrogens with zero attached hydrogens (tertiary/aromatic N) is 1. The average molecular weight is 317 g/mol. The number of amides is 1. The largest absolute Gasteiger partial charge is 0.399 e. The van der Waals surface area contributed by atoms with Gasteiger partial charge in [-0.1, -0.05) is 32.0 Å². The van der Waals surface area contributed by atoms with Crippen LogP contribution in [0, 0.1) is 11.8 Å². The zero-order chi connectivity index (χ0) is 16.7. The fourth-order valence-corrected chi connectivity index (χ4v) is 3.60. The zero-order valence-corrected chi connectivity index (χ0v) is 14.6. The average Bonchev–Trinajstić information content (AvgIpc) is 2.50. The minimum atomic E-state index is 0.119. The Labute approximate surface area is 140 Å². The quantitative estimate of drug-likeness (QED) is 0.600. The molecule has 1 heterocycles. The van der Waals surface area contributed by atoms with Crippen LogP contribution in [0.25, 0.3) is 0 Å². The number of hydrogen-bond acceptors (Lipinski definition) is 3. The smallest absolute Gasteiger partial charge is 0.220 e. The summed E-state index contributed by atoms with van der Waals surface area (Å²) in [6.45, 7) is 8.92. The Morgan fingerprint density at radius 1 is 1.26 bits per heavy atom.